The molecule has 9 aromatic carbocycles. The Hall–Kier alpha value is -6.90. The molecule has 0 saturated carbocycles. The Morgan fingerprint density at radius 3 is 1.69 bits per heavy atom. The number of ether oxygens (including phenoxy) is 1. The molecule has 1 aliphatic heterocycles. The first-order valence-corrected chi connectivity index (χ1v) is 17.8. The molecule has 0 unspecified atom stereocenters. The lowest BCUT2D eigenvalue weighted by atomic mass is 9.90. The van der Waals surface area contributed by atoms with Crippen molar-refractivity contribution in [3.8, 4) is 56.0 Å². The van der Waals surface area contributed by atoms with E-state index in [2.05, 4.69) is 199 Å². The van der Waals surface area contributed by atoms with Crippen molar-refractivity contribution in [1.82, 2.24) is 0 Å². The van der Waals surface area contributed by atoms with E-state index in [9.17, 15) is 0 Å². The number of benzene rings is 9. The van der Waals surface area contributed by atoms with E-state index >= 15 is 0 Å². The van der Waals surface area contributed by atoms with Crippen molar-refractivity contribution in [1.29, 1.82) is 0 Å². The molecular formula is C50H33NO. The van der Waals surface area contributed by atoms with Crippen LogP contribution in [-0.2, 0) is 0 Å². The highest BCUT2D eigenvalue weighted by Gasteiger charge is 2.23. The van der Waals surface area contributed by atoms with E-state index in [0.717, 1.165) is 56.0 Å². The van der Waals surface area contributed by atoms with Gasteiger partial charge in [0.1, 0.15) is 11.5 Å². The van der Waals surface area contributed by atoms with Gasteiger partial charge in [-0.1, -0.05) is 152 Å². The van der Waals surface area contributed by atoms with Gasteiger partial charge >= 0.3 is 0 Å². The highest BCUT2D eigenvalue weighted by molar-refractivity contribution is 6.08. The molecule has 1 heterocycles. The van der Waals surface area contributed by atoms with Gasteiger partial charge in [0.2, 0.25) is 0 Å². The quantitative estimate of drug-likeness (QED) is 0.176. The van der Waals surface area contributed by atoms with Gasteiger partial charge in [0.15, 0.2) is 0 Å². The van der Waals surface area contributed by atoms with Crippen LogP contribution in [0.15, 0.2) is 200 Å². The van der Waals surface area contributed by atoms with Gasteiger partial charge in [-0.3, -0.25) is 0 Å². The molecule has 0 radical (unpaired) electrons. The fourth-order valence-corrected chi connectivity index (χ4v) is 7.76. The van der Waals surface area contributed by atoms with Crippen molar-refractivity contribution in [3.63, 3.8) is 0 Å². The molecule has 52 heavy (non-hydrogen) atoms. The van der Waals surface area contributed by atoms with Crippen molar-refractivity contribution in [2.45, 2.75) is 0 Å². The minimum absolute atomic E-state index is 0.889. The summed E-state index contributed by atoms with van der Waals surface area (Å²) < 4.78 is 6.37. The molecule has 9 aromatic rings. The molecule has 0 atom stereocenters. The number of hydrogen-bond acceptors (Lipinski definition) is 2. The Balaban J connectivity index is 1.13. The van der Waals surface area contributed by atoms with Gasteiger partial charge in [-0.2, -0.15) is 0 Å². The Morgan fingerprint density at radius 2 is 0.885 bits per heavy atom. The van der Waals surface area contributed by atoms with Crippen LogP contribution in [0.1, 0.15) is 0 Å². The second kappa shape index (κ2) is 12.5. The maximum absolute atomic E-state index is 6.37. The Morgan fingerprint density at radius 1 is 0.327 bits per heavy atom. The third-order valence-corrected chi connectivity index (χ3v) is 10.3. The van der Waals surface area contributed by atoms with Crippen molar-refractivity contribution < 1.29 is 4.74 Å². The highest BCUT2D eigenvalue weighted by Crippen LogP contribution is 2.50. The van der Waals surface area contributed by atoms with E-state index < -0.39 is 0 Å². The summed E-state index contributed by atoms with van der Waals surface area (Å²) in [5, 5.41) is 4.72. The zero-order valence-corrected chi connectivity index (χ0v) is 28.4. The standard InChI is InChI=1S/C50H33NO/c1-2-12-34(13-3-1)35-24-26-36(27-25-35)37-28-30-41(31-29-37)51(47-21-10-15-38-14-4-5-17-42(38)47)46-20-8-6-18-43(46)40-32-39-16-11-23-49-50(39)45(33-40)44-19-7-9-22-48(44)52-49/h1-33H. The van der Waals surface area contributed by atoms with E-state index in [1.807, 2.05) is 6.07 Å². The van der Waals surface area contributed by atoms with Crippen LogP contribution in [0.3, 0.4) is 0 Å². The van der Waals surface area contributed by atoms with Gasteiger partial charge in [0, 0.05) is 27.6 Å². The second-order valence-electron chi connectivity index (χ2n) is 13.3. The number of fused-ring (bicyclic) bond motifs is 3. The van der Waals surface area contributed by atoms with Gasteiger partial charge in [-0.15, -0.1) is 0 Å². The Kier molecular flexibility index (Phi) is 7.18. The minimum Gasteiger partial charge on any atom is -0.456 e. The first kappa shape index (κ1) is 30.0. The summed E-state index contributed by atoms with van der Waals surface area (Å²) in [7, 11) is 0. The van der Waals surface area contributed by atoms with Crippen molar-refractivity contribution in [3.05, 3.63) is 200 Å². The number of hydrogen-bond donors (Lipinski definition) is 0. The second-order valence-corrected chi connectivity index (χ2v) is 13.3. The lowest BCUT2D eigenvalue weighted by Gasteiger charge is -2.29. The number of nitrogens with zero attached hydrogens (tertiary/aromatic N) is 1. The molecular weight excluding hydrogens is 631 g/mol. The molecule has 0 amide bonds. The third-order valence-electron chi connectivity index (χ3n) is 10.3. The van der Waals surface area contributed by atoms with Crippen LogP contribution in [0.4, 0.5) is 17.1 Å². The molecule has 244 valence electrons. The predicted molar refractivity (Wildman–Crippen MR) is 218 cm³/mol. The monoisotopic (exact) mass is 663 g/mol. The van der Waals surface area contributed by atoms with Crippen LogP contribution in [0.5, 0.6) is 11.5 Å². The van der Waals surface area contributed by atoms with Crippen LogP contribution in [-0.4, -0.2) is 0 Å². The maximum Gasteiger partial charge on any atom is 0.135 e. The summed E-state index contributed by atoms with van der Waals surface area (Å²) in [5.41, 5.74) is 12.8. The molecule has 10 rings (SSSR count). The average molecular weight is 664 g/mol. The maximum atomic E-state index is 6.37. The lowest BCUT2D eigenvalue weighted by Crippen LogP contribution is -2.11. The largest absolute Gasteiger partial charge is 0.456 e. The molecule has 0 fully saturated rings. The topological polar surface area (TPSA) is 12.5 Å². The summed E-state index contributed by atoms with van der Waals surface area (Å²) in [5.74, 6) is 1.79. The average Bonchev–Trinajstić information content (AvgIpc) is 3.22. The van der Waals surface area contributed by atoms with Crippen LogP contribution in [0.2, 0.25) is 0 Å². The van der Waals surface area contributed by atoms with Crippen molar-refractivity contribution >= 4 is 38.6 Å². The molecule has 0 aliphatic carbocycles. The van der Waals surface area contributed by atoms with Crippen LogP contribution < -0.4 is 9.64 Å². The Bertz CT molecular complexity index is 2740. The van der Waals surface area contributed by atoms with Crippen molar-refractivity contribution in [2.75, 3.05) is 4.90 Å². The lowest BCUT2D eigenvalue weighted by molar-refractivity contribution is 0.487. The molecule has 2 nitrogen and oxygen atoms in total. The van der Waals surface area contributed by atoms with Gasteiger partial charge in [-0.25, -0.2) is 0 Å². The van der Waals surface area contributed by atoms with Gasteiger partial charge in [0.05, 0.1) is 11.4 Å². The van der Waals surface area contributed by atoms with Gasteiger partial charge in [-0.05, 0) is 92.7 Å². The fraction of sp³-hybridized carbons (Fsp3) is 0. The summed E-state index contributed by atoms with van der Waals surface area (Å²) in [4.78, 5) is 2.42. The van der Waals surface area contributed by atoms with E-state index in [1.165, 1.54) is 38.6 Å². The first-order chi connectivity index (χ1) is 25.8. The molecule has 2 heteroatoms. The summed E-state index contributed by atoms with van der Waals surface area (Å²) >= 11 is 0. The van der Waals surface area contributed by atoms with E-state index in [1.54, 1.807) is 0 Å². The van der Waals surface area contributed by atoms with E-state index in [4.69, 9.17) is 4.74 Å². The number of anilines is 3. The summed E-state index contributed by atoms with van der Waals surface area (Å²) in [6.45, 7) is 0. The smallest absolute Gasteiger partial charge is 0.135 e. The zero-order chi connectivity index (χ0) is 34.4. The van der Waals surface area contributed by atoms with Crippen molar-refractivity contribution in [2.24, 2.45) is 0 Å². The molecule has 0 spiro atoms. The van der Waals surface area contributed by atoms with E-state index in [0.29, 0.717) is 0 Å². The molecule has 1 aliphatic rings. The van der Waals surface area contributed by atoms with Crippen LogP contribution in [0.25, 0.3) is 66.1 Å². The highest BCUT2D eigenvalue weighted by atomic mass is 16.5. The van der Waals surface area contributed by atoms with Gasteiger partial charge < -0.3 is 9.64 Å². The Labute approximate surface area is 303 Å². The molecule has 0 N–H and O–H groups in total. The molecule has 0 aromatic heterocycles. The summed E-state index contributed by atoms with van der Waals surface area (Å²) in [6, 6.07) is 71.8. The minimum atomic E-state index is 0.889. The van der Waals surface area contributed by atoms with Gasteiger partial charge in [0.25, 0.3) is 0 Å². The zero-order valence-electron chi connectivity index (χ0n) is 28.4. The van der Waals surface area contributed by atoms with E-state index in [-0.39, 0.29) is 0 Å². The van der Waals surface area contributed by atoms with Crippen LogP contribution >= 0.6 is 0 Å². The molecule has 0 saturated heterocycles. The van der Waals surface area contributed by atoms with Crippen LogP contribution in [0, 0.1) is 0 Å². The first-order valence-electron chi connectivity index (χ1n) is 17.8. The fourth-order valence-electron chi connectivity index (χ4n) is 7.76. The predicted octanol–water partition coefficient (Wildman–Crippen LogP) is 14.2. The summed E-state index contributed by atoms with van der Waals surface area (Å²) in [6.07, 6.45) is 0. The number of rotatable bonds is 6. The SMILES string of the molecule is c1ccc(-c2ccc(-c3ccc(N(c4ccccc4-c4cc5c6c(cccc6c4)Oc4ccccc4-5)c4cccc5ccccc45)cc3)cc2)cc1. The third kappa shape index (κ3) is 5.12. The number of para-hydroxylation sites is 2. The normalized spacial score (nSPS) is 11.6. The molecule has 0 bridgehead atoms.